The normalized spacial score (nSPS) is 27.5. The Balaban J connectivity index is 1.72. The predicted molar refractivity (Wildman–Crippen MR) is 48.3 cm³/mol. The molecule has 0 aromatic carbocycles. The Morgan fingerprint density at radius 3 is 2.67 bits per heavy atom. The van der Waals surface area contributed by atoms with Crippen LogP contribution in [0.15, 0.2) is 0 Å². The van der Waals surface area contributed by atoms with Crippen molar-refractivity contribution in [3.8, 4) is 0 Å². The van der Waals surface area contributed by atoms with Gasteiger partial charge in [-0.05, 0) is 12.3 Å². The van der Waals surface area contributed by atoms with E-state index in [0.717, 1.165) is 25.1 Å². The van der Waals surface area contributed by atoms with E-state index in [0.29, 0.717) is 13.2 Å². The molecule has 3 nitrogen and oxygen atoms in total. The Morgan fingerprint density at radius 2 is 2.08 bits per heavy atom. The van der Waals surface area contributed by atoms with E-state index in [2.05, 4.69) is 12.2 Å². The SMILES string of the molecule is COCCOCCNC1CC1C. The molecule has 0 spiro atoms. The molecular formula is C9H19NO2. The fraction of sp³-hybridized carbons (Fsp3) is 1.00. The monoisotopic (exact) mass is 173 g/mol. The van der Waals surface area contributed by atoms with Gasteiger partial charge in [0.2, 0.25) is 0 Å². The largest absolute Gasteiger partial charge is 0.382 e. The maximum absolute atomic E-state index is 5.30. The van der Waals surface area contributed by atoms with E-state index in [1.165, 1.54) is 6.42 Å². The molecule has 2 atom stereocenters. The van der Waals surface area contributed by atoms with Crippen molar-refractivity contribution < 1.29 is 9.47 Å². The summed E-state index contributed by atoms with van der Waals surface area (Å²) in [6, 6.07) is 0.760. The molecule has 0 radical (unpaired) electrons. The molecule has 0 aromatic rings. The molecule has 0 heterocycles. The van der Waals surface area contributed by atoms with Gasteiger partial charge >= 0.3 is 0 Å². The van der Waals surface area contributed by atoms with Gasteiger partial charge in [-0.25, -0.2) is 0 Å². The van der Waals surface area contributed by atoms with Crippen LogP contribution < -0.4 is 5.32 Å². The summed E-state index contributed by atoms with van der Waals surface area (Å²) < 4.78 is 10.2. The Bertz CT molecular complexity index is 119. The number of hydrogen-bond donors (Lipinski definition) is 1. The Morgan fingerprint density at radius 1 is 1.33 bits per heavy atom. The van der Waals surface area contributed by atoms with Crippen LogP contribution in [0.5, 0.6) is 0 Å². The number of hydrogen-bond acceptors (Lipinski definition) is 3. The highest BCUT2D eigenvalue weighted by atomic mass is 16.5. The summed E-state index contributed by atoms with van der Waals surface area (Å²) >= 11 is 0. The van der Waals surface area contributed by atoms with Gasteiger partial charge in [0, 0.05) is 19.7 Å². The number of methoxy groups -OCH3 is 1. The molecule has 0 aliphatic heterocycles. The Hall–Kier alpha value is -0.120. The summed E-state index contributed by atoms with van der Waals surface area (Å²) in [5, 5.41) is 3.42. The molecule has 1 saturated carbocycles. The van der Waals surface area contributed by atoms with Gasteiger partial charge in [0.25, 0.3) is 0 Å². The van der Waals surface area contributed by atoms with E-state index >= 15 is 0 Å². The Kier molecular flexibility index (Phi) is 4.58. The minimum absolute atomic E-state index is 0.694. The molecule has 1 N–H and O–H groups in total. The molecular weight excluding hydrogens is 154 g/mol. The summed E-state index contributed by atoms with van der Waals surface area (Å²) in [6.45, 7) is 5.44. The van der Waals surface area contributed by atoms with Gasteiger partial charge in [0.15, 0.2) is 0 Å². The van der Waals surface area contributed by atoms with Crippen molar-refractivity contribution in [2.75, 3.05) is 33.5 Å². The van der Waals surface area contributed by atoms with Crippen molar-refractivity contribution in [2.24, 2.45) is 5.92 Å². The zero-order valence-electron chi connectivity index (χ0n) is 8.01. The molecule has 1 fully saturated rings. The second-order valence-electron chi connectivity index (χ2n) is 3.38. The fourth-order valence-electron chi connectivity index (χ4n) is 1.17. The fourth-order valence-corrected chi connectivity index (χ4v) is 1.17. The third kappa shape index (κ3) is 4.04. The van der Waals surface area contributed by atoms with Crippen molar-refractivity contribution >= 4 is 0 Å². The van der Waals surface area contributed by atoms with Gasteiger partial charge in [-0.3, -0.25) is 0 Å². The molecule has 0 saturated heterocycles. The van der Waals surface area contributed by atoms with Crippen LogP contribution in [0.3, 0.4) is 0 Å². The lowest BCUT2D eigenvalue weighted by Crippen LogP contribution is -2.23. The van der Waals surface area contributed by atoms with E-state index < -0.39 is 0 Å². The van der Waals surface area contributed by atoms with Gasteiger partial charge in [0.05, 0.1) is 19.8 Å². The summed E-state index contributed by atoms with van der Waals surface area (Å²) in [4.78, 5) is 0. The van der Waals surface area contributed by atoms with Gasteiger partial charge in [-0.1, -0.05) is 6.92 Å². The number of ether oxygens (including phenoxy) is 2. The van der Waals surface area contributed by atoms with E-state index in [1.54, 1.807) is 7.11 Å². The van der Waals surface area contributed by atoms with Crippen LogP contribution in [0.25, 0.3) is 0 Å². The lowest BCUT2D eigenvalue weighted by Gasteiger charge is -2.04. The first-order valence-electron chi connectivity index (χ1n) is 4.64. The van der Waals surface area contributed by atoms with E-state index in [1.807, 2.05) is 0 Å². The first-order chi connectivity index (χ1) is 5.84. The van der Waals surface area contributed by atoms with Crippen LogP contribution in [-0.2, 0) is 9.47 Å². The first kappa shape index (κ1) is 9.96. The molecule has 0 aromatic heterocycles. The zero-order chi connectivity index (χ0) is 8.81. The number of rotatable bonds is 7. The standard InChI is InChI=1S/C9H19NO2/c1-8-7-9(8)10-3-4-12-6-5-11-2/h8-10H,3-7H2,1-2H3. The quantitative estimate of drug-likeness (QED) is 0.573. The van der Waals surface area contributed by atoms with Crippen LogP contribution in [0.2, 0.25) is 0 Å². The van der Waals surface area contributed by atoms with Crippen molar-refractivity contribution in [2.45, 2.75) is 19.4 Å². The summed E-state index contributed by atoms with van der Waals surface area (Å²) in [7, 11) is 1.69. The minimum Gasteiger partial charge on any atom is -0.382 e. The average molecular weight is 173 g/mol. The van der Waals surface area contributed by atoms with Crippen LogP contribution in [0.1, 0.15) is 13.3 Å². The maximum atomic E-state index is 5.30. The predicted octanol–water partition coefficient (Wildman–Crippen LogP) is 0.647. The molecule has 12 heavy (non-hydrogen) atoms. The van der Waals surface area contributed by atoms with Crippen molar-refractivity contribution in [1.82, 2.24) is 5.32 Å². The van der Waals surface area contributed by atoms with Crippen LogP contribution in [0.4, 0.5) is 0 Å². The summed E-state index contributed by atoms with van der Waals surface area (Å²) in [6.07, 6.45) is 1.33. The molecule has 0 bridgehead atoms. The second kappa shape index (κ2) is 5.51. The molecule has 72 valence electrons. The van der Waals surface area contributed by atoms with Crippen molar-refractivity contribution in [1.29, 1.82) is 0 Å². The van der Waals surface area contributed by atoms with Gasteiger partial charge < -0.3 is 14.8 Å². The molecule has 0 amide bonds. The highest BCUT2D eigenvalue weighted by molar-refractivity contribution is 4.89. The topological polar surface area (TPSA) is 30.5 Å². The third-order valence-electron chi connectivity index (χ3n) is 2.19. The average Bonchev–Trinajstić information content (AvgIpc) is 2.74. The third-order valence-corrected chi connectivity index (χ3v) is 2.19. The molecule has 1 rings (SSSR count). The lowest BCUT2D eigenvalue weighted by molar-refractivity contribution is 0.0718. The molecule has 2 unspecified atom stereocenters. The van der Waals surface area contributed by atoms with E-state index in [4.69, 9.17) is 9.47 Å². The molecule has 1 aliphatic carbocycles. The van der Waals surface area contributed by atoms with E-state index in [-0.39, 0.29) is 0 Å². The van der Waals surface area contributed by atoms with Crippen molar-refractivity contribution in [3.05, 3.63) is 0 Å². The van der Waals surface area contributed by atoms with Gasteiger partial charge in [-0.2, -0.15) is 0 Å². The first-order valence-corrected chi connectivity index (χ1v) is 4.64. The zero-order valence-corrected chi connectivity index (χ0v) is 8.01. The summed E-state index contributed by atoms with van der Waals surface area (Å²) in [5.41, 5.74) is 0. The van der Waals surface area contributed by atoms with Crippen LogP contribution >= 0.6 is 0 Å². The van der Waals surface area contributed by atoms with Crippen LogP contribution in [-0.4, -0.2) is 39.5 Å². The smallest absolute Gasteiger partial charge is 0.0700 e. The van der Waals surface area contributed by atoms with Crippen LogP contribution in [0, 0.1) is 5.92 Å². The Labute approximate surface area is 74.4 Å². The van der Waals surface area contributed by atoms with Crippen molar-refractivity contribution in [3.63, 3.8) is 0 Å². The molecule has 1 aliphatic rings. The lowest BCUT2D eigenvalue weighted by atomic mass is 10.5. The maximum Gasteiger partial charge on any atom is 0.0700 e. The number of nitrogens with one attached hydrogen (secondary N) is 1. The highest BCUT2D eigenvalue weighted by Gasteiger charge is 2.31. The summed E-state index contributed by atoms with van der Waals surface area (Å²) in [5.74, 6) is 0.879. The highest BCUT2D eigenvalue weighted by Crippen LogP contribution is 2.28. The van der Waals surface area contributed by atoms with Gasteiger partial charge in [0.1, 0.15) is 0 Å². The molecule has 3 heteroatoms. The second-order valence-corrected chi connectivity index (χ2v) is 3.38. The van der Waals surface area contributed by atoms with E-state index in [9.17, 15) is 0 Å². The van der Waals surface area contributed by atoms with Gasteiger partial charge in [-0.15, -0.1) is 0 Å². The minimum atomic E-state index is 0.694.